The molecule has 0 aliphatic carbocycles. The Balaban J connectivity index is 1.71. The molecule has 0 saturated heterocycles. The minimum absolute atomic E-state index is 0.221. The molecule has 0 aliphatic heterocycles. The quantitative estimate of drug-likeness (QED) is 0.322. The summed E-state index contributed by atoms with van der Waals surface area (Å²) in [6.07, 6.45) is -4.76. The molecule has 0 unspecified atom stereocenters. The van der Waals surface area contributed by atoms with Crippen LogP contribution < -0.4 is 5.32 Å². The number of thiophene rings is 2. The van der Waals surface area contributed by atoms with Crippen LogP contribution in [0.3, 0.4) is 0 Å². The van der Waals surface area contributed by atoms with Gasteiger partial charge in [0.1, 0.15) is 11.4 Å². The first kappa shape index (κ1) is 22.0. The molecule has 0 amide bonds. The fraction of sp³-hybridized carbons (Fsp3) is 0.136. The van der Waals surface area contributed by atoms with Gasteiger partial charge in [-0.25, -0.2) is 4.98 Å². The molecule has 0 fully saturated rings. The number of Topliss-reactive ketones (excluding diaryl/α,β-unsaturated/α-hetero) is 1. The molecule has 0 saturated carbocycles. The maximum Gasteiger partial charge on any atom is 0.416 e. The lowest BCUT2D eigenvalue weighted by Crippen LogP contribution is -2.14. The summed E-state index contributed by atoms with van der Waals surface area (Å²) in [6, 6.07) is 12.0. The number of rotatable bonds is 7. The van der Waals surface area contributed by atoms with Crippen LogP contribution in [0.15, 0.2) is 53.9 Å². The summed E-state index contributed by atoms with van der Waals surface area (Å²) >= 11 is 2.60. The molecule has 0 aliphatic rings. The highest BCUT2D eigenvalue weighted by atomic mass is 32.1. The Morgan fingerprint density at radius 2 is 1.91 bits per heavy atom. The number of carboxylic acids is 1. The van der Waals surface area contributed by atoms with Crippen molar-refractivity contribution < 1.29 is 27.9 Å². The third-order valence-electron chi connectivity index (χ3n) is 4.62. The minimum atomic E-state index is -4.51. The molecule has 32 heavy (non-hydrogen) atoms. The Kier molecular flexibility index (Phi) is 5.98. The fourth-order valence-electron chi connectivity index (χ4n) is 3.20. The standard InChI is InChI=1S/C22H15F3N2O3S2/c23-22(24,25)13-4-1-3-12(9-13)10-16(28)20-19(26-11-18(29)30)14-6-7-15(27-21(14)32-20)17-5-2-8-31-17/h1-9,26H,10-11H2,(H,29,30). The monoisotopic (exact) mass is 476 g/mol. The molecule has 0 radical (unpaired) electrons. The zero-order valence-electron chi connectivity index (χ0n) is 16.3. The number of fused-ring (bicyclic) bond motifs is 1. The number of nitrogens with one attached hydrogen (secondary N) is 1. The van der Waals surface area contributed by atoms with Crippen molar-refractivity contribution in [2.24, 2.45) is 0 Å². The van der Waals surface area contributed by atoms with Gasteiger partial charge in [-0.2, -0.15) is 13.2 Å². The highest BCUT2D eigenvalue weighted by Crippen LogP contribution is 2.38. The number of ketones is 1. The van der Waals surface area contributed by atoms with Gasteiger partial charge in [-0.05, 0) is 35.2 Å². The van der Waals surface area contributed by atoms with E-state index in [0.29, 0.717) is 15.9 Å². The van der Waals surface area contributed by atoms with E-state index in [0.717, 1.165) is 34.0 Å². The number of anilines is 1. The van der Waals surface area contributed by atoms with E-state index in [-0.39, 0.29) is 16.9 Å². The van der Waals surface area contributed by atoms with Crippen LogP contribution in [0.2, 0.25) is 0 Å². The smallest absolute Gasteiger partial charge is 0.416 e. The van der Waals surface area contributed by atoms with Crippen molar-refractivity contribution in [3.05, 3.63) is 69.9 Å². The molecule has 0 bridgehead atoms. The largest absolute Gasteiger partial charge is 0.480 e. The SMILES string of the molecule is O=C(O)CNc1c(C(=O)Cc2cccc(C(F)(F)F)c2)sc2nc(-c3cccs3)ccc12. The Bertz CT molecular complexity index is 1300. The van der Waals surface area contributed by atoms with Gasteiger partial charge >= 0.3 is 12.1 Å². The number of hydrogen-bond donors (Lipinski definition) is 2. The first-order valence-corrected chi connectivity index (χ1v) is 11.0. The van der Waals surface area contributed by atoms with E-state index >= 15 is 0 Å². The van der Waals surface area contributed by atoms with Gasteiger partial charge in [0.05, 0.1) is 26.7 Å². The van der Waals surface area contributed by atoms with Gasteiger partial charge < -0.3 is 10.4 Å². The lowest BCUT2D eigenvalue weighted by atomic mass is 10.0. The fourth-order valence-corrected chi connectivity index (χ4v) is 4.98. The molecule has 0 spiro atoms. The van der Waals surface area contributed by atoms with Gasteiger partial charge in [-0.1, -0.05) is 24.3 Å². The van der Waals surface area contributed by atoms with Crippen molar-refractivity contribution in [1.29, 1.82) is 0 Å². The molecule has 1 aromatic carbocycles. The molecule has 5 nitrogen and oxygen atoms in total. The number of carbonyl (C=O) groups is 2. The Morgan fingerprint density at radius 3 is 2.59 bits per heavy atom. The van der Waals surface area contributed by atoms with Gasteiger partial charge in [0.2, 0.25) is 0 Å². The van der Waals surface area contributed by atoms with Gasteiger partial charge in [0, 0.05) is 11.8 Å². The van der Waals surface area contributed by atoms with Crippen molar-refractivity contribution in [2.45, 2.75) is 12.6 Å². The van der Waals surface area contributed by atoms with Gasteiger partial charge in [0.15, 0.2) is 5.78 Å². The molecular formula is C22H15F3N2O3S2. The van der Waals surface area contributed by atoms with Gasteiger partial charge in [-0.15, -0.1) is 22.7 Å². The number of benzene rings is 1. The first-order valence-electron chi connectivity index (χ1n) is 9.35. The van der Waals surface area contributed by atoms with Crippen LogP contribution in [0.25, 0.3) is 20.8 Å². The summed E-state index contributed by atoms with van der Waals surface area (Å²) in [4.78, 5) is 30.4. The molecule has 4 rings (SSSR count). The molecule has 2 N–H and O–H groups in total. The average Bonchev–Trinajstić information content (AvgIpc) is 3.39. The predicted molar refractivity (Wildman–Crippen MR) is 119 cm³/mol. The number of aliphatic carboxylic acids is 1. The summed E-state index contributed by atoms with van der Waals surface area (Å²) < 4.78 is 39.0. The van der Waals surface area contributed by atoms with Crippen LogP contribution in [-0.2, 0) is 17.4 Å². The Hall–Kier alpha value is -3.24. The number of pyridine rings is 1. The van der Waals surface area contributed by atoms with E-state index in [9.17, 15) is 22.8 Å². The number of nitrogens with zero attached hydrogens (tertiary/aromatic N) is 1. The number of halogens is 3. The summed E-state index contributed by atoms with van der Waals surface area (Å²) in [7, 11) is 0. The topological polar surface area (TPSA) is 79.3 Å². The highest BCUT2D eigenvalue weighted by molar-refractivity contribution is 7.21. The van der Waals surface area contributed by atoms with Gasteiger partial charge in [0.25, 0.3) is 0 Å². The highest BCUT2D eigenvalue weighted by Gasteiger charge is 2.30. The van der Waals surface area contributed by atoms with E-state index in [4.69, 9.17) is 5.11 Å². The normalized spacial score (nSPS) is 11.6. The summed E-state index contributed by atoms with van der Waals surface area (Å²) in [5, 5.41) is 14.3. The van der Waals surface area contributed by atoms with Crippen molar-refractivity contribution >= 4 is 50.3 Å². The van der Waals surface area contributed by atoms with Crippen LogP contribution >= 0.6 is 22.7 Å². The van der Waals surface area contributed by atoms with Crippen molar-refractivity contribution in [3.8, 4) is 10.6 Å². The molecule has 10 heteroatoms. The number of alkyl halides is 3. The second-order valence-corrected chi connectivity index (χ2v) is 8.82. The molecule has 4 aromatic rings. The number of aromatic nitrogens is 1. The van der Waals surface area contributed by atoms with Crippen LogP contribution in [0.4, 0.5) is 18.9 Å². The van der Waals surface area contributed by atoms with E-state index in [1.807, 2.05) is 17.5 Å². The molecule has 164 valence electrons. The minimum Gasteiger partial charge on any atom is -0.480 e. The third-order valence-corrected chi connectivity index (χ3v) is 6.65. The first-order chi connectivity index (χ1) is 15.2. The van der Waals surface area contributed by atoms with E-state index in [2.05, 4.69) is 10.3 Å². The van der Waals surface area contributed by atoms with Crippen LogP contribution in [-0.4, -0.2) is 28.4 Å². The van der Waals surface area contributed by atoms with Crippen LogP contribution in [0.1, 0.15) is 20.8 Å². The Morgan fingerprint density at radius 1 is 1.09 bits per heavy atom. The van der Waals surface area contributed by atoms with Crippen LogP contribution in [0, 0.1) is 0 Å². The predicted octanol–water partition coefficient (Wildman–Crippen LogP) is 5.97. The Labute approximate surface area is 188 Å². The van der Waals surface area contributed by atoms with Crippen molar-refractivity contribution in [3.63, 3.8) is 0 Å². The number of hydrogen-bond acceptors (Lipinski definition) is 6. The summed E-state index contributed by atoms with van der Waals surface area (Å²) in [5.74, 6) is -1.53. The van der Waals surface area contributed by atoms with Gasteiger partial charge in [-0.3, -0.25) is 9.59 Å². The molecular weight excluding hydrogens is 461 g/mol. The maximum atomic E-state index is 13.0. The van der Waals surface area contributed by atoms with Crippen molar-refractivity contribution in [1.82, 2.24) is 4.98 Å². The lowest BCUT2D eigenvalue weighted by molar-refractivity contribution is -0.137. The van der Waals surface area contributed by atoms with E-state index in [1.54, 1.807) is 12.1 Å². The molecule has 3 heterocycles. The van der Waals surface area contributed by atoms with Crippen molar-refractivity contribution in [2.75, 3.05) is 11.9 Å². The lowest BCUT2D eigenvalue weighted by Gasteiger charge is -2.09. The maximum absolute atomic E-state index is 13.0. The second-order valence-electron chi connectivity index (χ2n) is 6.88. The second kappa shape index (κ2) is 8.71. The molecule has 0 atom stereocenters. The number of carbonyl (C=O) groups excluding carboxylic acids is 1. The van der Waals surface area contributed by atoms with E-state index < -0.39 is 30.0 Å². The average molecular weight is 477 g/mol. The zero-order chi connectivity index (χ0) is 22.9. The molecule has 3 aromatic heterocycles. The third kappa shape index (κ3) is 4.66. The summed E-state index contributed by atoms with van der Waals surface area (Å²) in [6.45, 7) is -0.414. The van der Waals surface area contributed by atoms with E-state index in [1.165, 1.54) is 23.5 Å². The summed E-state index contributed by atoms with van der Waals surface area (Å²) in [5.41, 5.74) is 0.439. The zero-order valence-corrected chi connectivity index (χ0v) is 17.9. The number of carboxylic acid groups (broad SMARTS) is 1. The van der Waals surface area contributed by atoms with Crippen LogP contribution in [0.5, 0.6) is 0 Å².